The summed E-state index contributed by atoms with van der Waals surface area (Å²) in [6, 6.07) is 10.4. The summed E-state index contributed by atoms with van der Waals surface area (Å²) < 4.78 is 0. The molecule has 0 saturated heterocycles. The molecular formula is C10H12N2. The Bertz CT molecular complexity index is 290. The lowest BCUT2D eigenvalue weighted by atomic mass is 10.1. The average Bonchev–Trinajstić information content (AvgIpc) is 2.54. The summed E-state index contributed by atoms with van der Waals surface area (Å²) in [5.41, 5.74) is 2.61. The second kappa shape index (κ2) is 2.99. The van der Waals surface area contributed by atoms with Crippen LogP contribution in [0.4, 0.5) is 0 Å². The van der Waals surface area contributed by atoms with Gasteiger partial charge in [0.05, 0.1) is 0 Å². The Morgan fingerprint density at radius 2 is 1.92 bits per heavy atom. The number of nitrogens with two attached hydrogens (primary N) is 1. The quantitative estimate of drug-likeness (QED) is 0.632. The number of rotatable bonds is 1. The van der Waals surface area contributed by atoms with Gasteiger partial charge >= 0.3 is 0 Å². The zero-order valence-corrected chi connectivity index (χ0v) is 6.90. The van der Waals surface area contributed by atoms with E-state index in [4.69, 9.17) is 5.84 Å². The third-order valence-corrected chi connectivity index (χ3v) is 2.11. The van der Waals surface area contributed by atoms with Gasteiger partial charge in [0.2, 0.25) is 0 Å². The lowest BCUT2D eigenvalue weighted by molar-refractivity contribution is 0.428. The predicted molar refractivity (Wildman–Crippen MR) is 49.9 cm³/mol. The fourth-order valence-corrected chi connectivity index (χ4v) is 1.45. The monoisotopic (exact) mass is 160 g/mol. The van der Waals surface area contributed by atoms with E-state index in [-0.39, 0.29) is 0 Å². The van der Waals surface area contributed by atoms with E-state index in [0.717, 1.165) is 13.0 Å². The highest BCUT2D eigenvalue weighted by Gasteiger charge is 2.09. The molecule has 0 aliphatic carbocycles. The number of nitrogens with zero attached hydrogens (tertiary/aromatic N) is 1. The van der Waals surface area contributed by atoms with Crippen LogP contribution in [0.1, 0.15) is 12.0 Å². The predicted octanol–water partition coefficient (Wildman–Crippen LogP) is 1.61. The van der Waals surface area contributed by atoms with Crippen LogP contribution in [0.25, 0.3) is 5.57 Å². The summed E-state index contributed by atoms with van der Waals surface area (Å²) in [7, 11) is 0. The number of hydrogen-bond acceptors (Lipinski definition) is 2. The average molecular weight is 160 g/mol. The fourth-order valence-electron chi connectivity index (χ4n) is 1.45. The smallest absolute Gasteiger partial charge is 0.0376 e. The third-order valence-electron chi connectivity index (χ3n) is 2.11. The van der Waals surface area contributed by atoms with Gasteiger partial charge in [-0.3, -0.25) is 0 Å². The van der Waals surface area contributed by atoms with Crippen LogP contribution in [0.5, 0.6) is 0 Å². The largest absolute Gasteiger partial charge is 0.318 e. The molecule has 0 amide bonds. The molecule has 2 rings (SSSR count). The van der Waals surface area contributed by atoms with E-state index in [1.165, 1.54) is 11.1 Å². The standard InChI is InChI=1S/C10H12N2/c11-12-7-6-10(8-12)9-4-2-1-3-5-9/h1-5,8H,6-7,11H2. The van der Waals surface area contributed by atoms with Crippen LogP contribution in [0, 0.1) is 0 Å². The van der Waals surface area contributed by atoms with Gasteiger partial charge in [-0.1, -0.05) is 30.3 Å². The van der Waals surface area contributed by atoms with Gasteiger partial charge in [-0.25, -0.2) is 5.84 Å². The maximum absolute atomic E-state index is 5.62. The molecule has 1 heterocycles. The highest BCUT2D eigenvalue weighted by molar-refractivity contribution is 5.66. The number of hydrogen-bond donors (Lipinski definition) is 1. The van der Waals surface area contributed by atoms with Gasteiger partial charge in [0.25, 0.3) is 0 Å². The van der Waals surface area contributed by atoms with E-state index in [1.54, 1.807) is 5.01 Å². The molecule has 2 N–H and O–H groups in total. The van der Waals surface area contributed by atoms with Crippen LogP contribution in [-0.4, -0.2) is 11.6 Å². The third kappa shape index (κ3) is 1.34. The van der Waals surface area contributed by atoms with Crippen LogP contribution in [0.2, 0.25) is 0 Å². The van der Waals surface area contributed by atoms with Gasteiger partial charge in [0, 0.05) is 12.7 Å². The van der Waals surface area contributed by atoms with E-state index >= 15 is 0 Å². The van der Waals surface area contributed by atoms with Gasteiger partial charge in [-0.15, -0.1) is 0 Å². The van der Waals surface area contributed by atoms with Crippen LogP contribution < -0.4 is 5.84 Å². The first kappa shape index (κ1) is 7.37. The first-order valence-electron chi connectivity index (χ1n) is 4.14. The molecule has 2 heteroatoms. The van der Waals surface area contributed by atoms with Crippen LogP contribution in [0.15, 0.2) is 36.5 Å². The summed E-state index contributed by atoms with van der Waals surface area (Å²) in [5.74, 6) is 5.62. The maximum atomic E-state index is 5.62. The zero-order valence-electron chi connectivity index (χ0n) is 6.90. The molecule has 0 bridgehead atoms. The number of hydrazine groups is 1. The summed E-state index contributed by atoms with van der Waals surface area (Å²) in [4.78, 5) is 0. The number of benzene rings is 1. The van der Waals surface area contributed by atoms with Crippen molar-refractivity contribution >= 4 is 5.57 Å². The van der Waals surface area contributed by atoms with Gasteiger partial charge < -0.3 is 5.01 Å². The summed E-state index contributed by atoms with van der Waals surface area (Å²) in [5, 5.41) is 1.74. The molecule has 0 radical (unpaired) electrons. The molecule has 2 nitrogen and oxygen atoms in total. The van der Waals surface area contributed by atoms with Crippen molar-refractivity contribution in [1.29, 1.82) is 0 Å². The Kier molecular flexibility index (Phi) is 1.84. The van der Waals surface area contributed by atoms with Crippen molar-refractivity contribution in [2.45, 2.75) is 6.42 Å². The summed E-state index contributed by atoms with van der Waals surface area (Å²) >= 11 is 0. The first-order chi connectivity index (χ1) is 5.86. The Balaban J connectivity index is 2.27. The van der Waals surface area contributed by atoms with E-state index in [1.807, 2.05) is 12.3 Å². The van der Waals surface area contributed by atoms with Crippen molar-refractivity contribution < 1.29 is 0 Å². The molecule has 1 aromatic rings. The zero-order chi connectivity index (χ0) is 8.39. The Morgan fingerprint density at radius 3 is 2.50 bits per heavy atom. The molecule has 1 aliphatic heterocycles. The Labute approximate surface area is 72.3 Å². The second-order valence-electron chi connectivity index (χ2n) is 3.01. The van der Waals surface area contributed by atoms with Gasteiger partial charge in [-0.05, 0) is 17.6 Å². The lowest BCUT2D eigenvalue weighted by Gasteiger charge is -2.02. The van der Waals surface area contributed by atoms with Gasteiger partial charge in [0.15, 0.2) is 0 Å². The summed E-state index contributed by atoms with van der Waals surface area (Å²) in [6.07, 6.45) is 3.07. The summed E-state index contributed by atoms with van der Waals surface area (Å²) in [6.45, 7) is 0.935. The Morgan fingerprint density at radius 1 is 1.17 bits per heavy atom. The van der Waals surface area contributed by atoms with Crippen molar-refractivity contribution in [2.75, 3.05) is 6.54 Å². The molecule has 12 heavy (non-hydrogen) atoms. The molecule has 1 aliphatic rings. The van der Waals surface area contributed by atoms with Crippen LogP contribution in [0.3, 0.4) is 0 Å². The molecule has 0 saturated carbocycles. The molecule has 0 spiro atoms. The van der Waals surface area contributed by atoms with Crippen molar-refractivity contribution in [3.05, 3.63) is 42.1 Å². The molecule has 1 aromatic carbocycles. The van der Waals surface area contributed by atoms with E-state index in [2.05, 4.69) is 24.3 Å². The topological polar surface area (TPSA) is 29.3 Å². The second-order valence-corrected chi connectivity index (χ2v) is 3.01. The van der Waals surface area contributed by atoms with Crippen LogP contribution in [-0.2, 0) is 0 Å². The highest BCUT2D eigenvalue weighted by Crippen LogP contribution is 2.22. The fraction of sp³-hybridized carbons (Fsp3) is 0.200. The maximum Gasteiger partial charge on any atom is 0.0376 e. The molecular weight excluding hydrogens is 148 g/mol. The molecule has 0 unspecified atom stereocenters. The minimum absolute atomic E-state index is 0.935. The van der Waals surface area contributed by atoms with Gasteiger partial charge in [0.1, 0.15) is 0 Å². The van der Waals surface area contributed by atoms with E-state index < -0.39 is 0 Å². The minimum atomic E-state index is 0.935. The molecule has 0 atom stereocenters. The molecule has 62 valence electrons. The highest BCUT2D eigenvalue weighted by atomic mass is 15.4. The van der Waals surface area contributed by atoms with Crippen molar-refractivity contribution in [3.63, 3.8) is 0 Å². The molecule has 0 fully saturated rings. The van der Waals surface area contributed by atoms with Crippen LogP contribution >= 0.6 is 0 Å². The lowest BCUT2D eigenvalue weighted by Crippen LogP contribution is -2.21. The van der Waals surface area contributed by atoms with E-state index in [9.17, 15) is 0 Å². The Hall–Kier alpha value is -1.28. The van der Waals surface area contributed by atoms with E-state index in [0.29, 0.717) is 0 Å². The first-order valence-corrected chi connectivity index (χ1v) is 4.14. The van der Waals surface area contributed by atoms with Crippen molar-refractivity contribution in [2.24, 2.45) is 5.84 Å². The SMILES string of the molecule is NN1C=C(c2ccccc2)CC1. The normalized spacial score (nSPS) is 16.4. The van der Waals surface area contributed by atoms with Crippen molar-refractivity contribution in [3.8, 4) is 0 Å². The van der Waals surface area contributed by atoms with Crippen molar-refractivity contribution in [1.82, 2.24) is 5.01 Å². The van der Waals surface area contributed by atoms with Gasteiger partial charge in [-0.2, -0.15) is 0 Å². The minimum Gasteiger partial charge on any atom is -0.318 e. The molecule has 0 aromatic heterocycles.